The molecule has 0 aromatic carbocycles. The van der Waals surface area contributed by atoms with Crippen LogP contribution in [0.3, 0.4) is 0 Å². The molecule has 1 N–H and O–H groups in total. The van der Waals surface area contributed by atoms with Gasteiger partial charge in [-0.25, -0.2) is 14.6 Å². The van der Waals surface area contributed by atoms with E-state index in [-0.39, 0.29) is 23.8 Å². The van der Waals surface area contributed by atoms with E-state index in [9.17, 15) is 14.4 Å². The van der Waals surface area contributed by atoms with Crippen molar-refractivity contribution in [1.29, 1.82) is 0 Å². The number of nitrogens with one attached hydrogen (secondary N) is 1. The molecule has 9 heteroatoms. The van der Waals surface area contributed by atoms with Crippen LogP contribution in [0.25, 0.3) is 0 Å². The minimum Gasteiger partial charge on any atom is -0.462 e. The minimum atomic E-state index is -0.752. The van der Waals surface area contributed by atoms with Crippen molar-refractivity contribution in [3.05, 3.63) is 40.3 Å². The van der Waals surface area contributed by atoms with E-state index in [1.165, 1.54) is 23.7 Å². The first-order chi connectivity index (χ1) is 12.8. The van der Waals surface area contributed by atoms with Crippen LogP contribution in [0.2, 0.25) is 0 Å². The van der Waals surface area contributed by atoms with Gasteiger partial charge in [-0.3, -0.25) is 9.78 Å². The van der Waals surface area contributed by atoms with E-state index in [0.29, 0.717) is 10.7 Å². The zero-order valence-corrected chi connectivity index (χ0v) is 16.4. The highest BCUT2D eigenvalue weighted by Gasteiger charge is 2.21. The van der Waals surface area contributed by atoms with Crippen molar-refractivity contribution in [3.63, 3.8) is 0 Å². The molecule has 0 saturated heterocycles. The Balaban J connectivity index is 2.03. The summed E-state index contributed by atoms with van der Waals surface area (Å²) in [6, 6.07) is 1.71. The van der Waals surface area contributed by atoms with Gasteiger partial charge in [0.25, 0.3) is 5.91 Å². The standard InChI is InChI=1S/C18H21N3O5S/c1-5-25-17(23)12-6-14(10(2)3)27-16(12)21-15(22)9-26-18(24)13-8-19-11(4)7-20-13/h6-8,10H,5,9H2,1-4H3,(H,21,22). The Kier molecular flexibility index (Phi) is 7.00. The summed E-state index contributed by atoms with van der Waals surface area (Å²) in [4.78, 5) is 44.9. The Morgan fingerprint density at radius 3 is 2.48 bits per heavy atom. The number of aryl methyl sites for hydroxylation is 1. The van der Waals surface area contributed by atoms with Crippen LogP contribution in [0.1, 0.15) is 58.1 Å². The number of nitrogens with zero attached hydrogens (tertiary/aromatic N) is 2. The fraction of sp³-hybridized carbons (Fsp3) is 0.389. The van der Waals surface area contributed by atoms with Gasteiger partial charge in [-0.1, -0.05) is 13.8 Å². The Morgan fingerprint density at radius 1 is 1.15 bits per heavy atom. The van der Waals surface area contributed by atoms with Crippen molar-refractivity contribution < 1.29 is 23.9 Å². The molecule has 0 unspecified atom stereocenters. The third-order valence-electron chi connectivity index (χ3n) is 3.39. The highest BCUT2D eigenvalue weighted by Crippen LogP contribution is 2.33. The van der Waals surface area contributed by atoms with Crippen LogP contribution in [-0.4, -0.2) is 41.0 Å². The molecule has 0 aliphatic heterocycles. The highest BCUT2D eigenvalue weighted by molar-refractivity contribution is 7.16. The molecule has 0 bridgehead atoms. The van der Waals surface area contributed by atoms with Crippen molar-refractivity contribution in [2.75, 3.05) is 18.5 Å². The highest BCUT2D eigenvalue weighted by atomic mass is 32.1. The van der Waals surface area contributed by atoms with E-state index in [1.807, 2.05) is 13.8 Å². The lowest BCUT2D eigenvalue weighted by Gasteiger charge is -2.07. The lowest BCUT2D eigenvalue weighted by atomic mass is 10.1. The summed E-state index contributed by atoms with van der Waals surface area (Å²) in [5.74, 6) is -1.64. The lowest BCUT2D eigenvalue weighted by Crippen LogP contribution is -2.22. The first-order valence-electron chi connectivity index (χ1n) is 8.38. The number of esters is 2. The zero-order chi connectivity index (χ0) is 20.0. The molecule has 8 nitrogen and oxygen atoms in total. The summed E-state index contributed by atoms with van der Waals surface area (Å²) in [5.41, 5.74) is 0.961. The van der Waals surface area contributed by atoms with Crippen LogP contribution in [0, 0.1) is 6.92 Å². The minimum absolute atomic E-state index is 0.0128. The molecule has 0 spiro atoms. The van der Waals surface area contributed by atoms with Crippen molar-refractivity contribution in [2.24, 2.45) is 0 Å². The van der Waals surface area contributed by atoms with Gasteiger partial charge in [-0.2, -0.15) is 0 Å². The molecular weight excluding hydrogens is 370 g/mol. The molecule has 0 radical (unpaired) electrons. The van der Waals surface area contributed by atoms with E-state index in [2.05, 4.69) is 15.3 Å². The number of ether oxygens (including phenoxy) is 2. The van der Waals surface area contributed by atoms with E-state index in [1.54, 1.807) is 19.9 Å². The fourth-order valence-electron chi connectivity index (χ4n) is 2.01. The summed E-state index contributed by atoms with van der Waals surface area (Å²) in [5, 5.41) is 2.98. The zero-order valence-electron chi connectivity index (χ0n) is 15.6. The Bertz CT molecular complexity index is 830. The number of rotatable bonds is 7. The van der Waals surface area contributed by atoms with Crippen LogP contribution in [-0.2, 0) is 14.3 Å². The summed E-state index contributed by atoms with van der Waals surface area (Å²) in [6.45, 7) is 7.13. The number of carbonyl (C=O) groups excluding carboxylic acids is 3. The maximum Gasteiger partial charge on any atom is 0.359 e. The van der Waals surface area contributed by atoms with Crippen LogP contribution < -0.4 is 5.32 Å². The van der Waals surface area contributed by atoms with Gasteiger partial charge in [-0.15, -0.1) is 11.3 Å². The first-order valence-corrected chi connectivity index (χ1v) is 9.20. The summed E-state index contributed by atoms with van der Waals surface area (Å²) in [6.07, 6.45) is 2.71. The Hall–Kier alpha value is -2.81. The molecule has 2 heterocycles. The number of anilines is 1. The Morgan fingerprint density at radius 2 is 1.89 bits per heavy atom. The van der Waals surface area contributed by atoms with E-state index in [4.69, 9.17) is 9.47 Å². The van der Waals surface area contributed by atoms with Gasteiger partial charge in [0.05, 0.1) is 24.1 Å². The Labute approximate surface area is 160 Å². The molecule has 0 fully saturated rings. The number of hydrogen-bond donors (Lipinski definition) is 1. The van der Waals surface area contributed by atoms with Crippen LogP contribution in [0.15, 0.2) is 18.5 Å². The monoisotopic (exact) mass is 391 g/mol. The first kappa shape index (κ1) is 20.5. The van der Waals surface area contributed by atoms with Crippen molar-refractivity contribution in [1.82, 2.24) is 9.97 Å². The molecule has 0 saturated carbocycles. The third kappa shape index (κ3) is 5.58. The smallest absolute Gasteiger partial charge is 0.359 e. The molecule has 27 heavy (non-hydrogen) atoms. The number of aromatic nitrogens is 2. The number of hydrogen-bond acceptors (Lipinski definition) is 8. The van der Waals surface area contributed by atoms with Gasteiger partial charge in [0.15, 0.2) is 12.3 Å². The average Bonchev–Trinajstić information content (AvgIpc) is 3.04. The summed E-state index contributed by atoms with van der Waals surface area (Å²) >= 11 is 1.29. The van der Waals surface area contributed by atoms with Crippen LogP contribution in [0.5, 0.6) is 0 Å². The van der Waals surface area contributed by atoms with Crippen molar-refractivity contribution >= 4 is 34.2 Å². The molecule has 0 atom stereocenters. The van der Waals surface area contributed by atoms with Gasteiger partial charge >= 0.3 is 11.9 Å². The number of amides is 1. The van der Waals surface area contributed by atoms with E-state index in [0.717, 1.165) is 4.88 Å². The molecule has 1 amide bonds. The summed E-state index contributed by atoms with van der Waals surface area (Å²) < 4.78 is 9.96. The molecule has 144 valence electrons. The van der Waals surface area contributed by atoms with Gasteiger partial charge in [0.1, 0.15) is 5.00 Å². The second kappa shape index (κ2) is 9.22. The maximum absolute atomic E-state index is 12.1. The van der Waals surface area contributed by atoms with Gasteiger partial charge in [-0.05, 0) is 25.8 Å². The SMILES string of the molecule is CCOC(=O)c1cc(C(C)C)sc1NC(=O)COC(=O)c1cnc(C)cn1. The maximum atomic E-state index is 12.1. The average molecular weight is 391 g/mol. The number of thiophene rings is 1. The van der Waals surface area contributed by atoms with E-state index < -0.39 is 24.5 Å². The van der Waals surface area contributed by atoms with Crippen molar-refractivity contribution in [2.45, 2.75) is 33.6 Å². The third-order valence-corrected chi connectivity index (χ3v) is 4.74. The van der Waals surface area contributed by atoms with E-state index >= 15 is 0 Å². The number of carbonyl (C=O) groups is 3. The van der Waals surface area contributed by atoms with Crippen LogP contribution >= 0.6 is 11.3 Å². The largest absolute Gasteiger partial charge is 0.462 e. The predicted octanol–water partition coefficient (Wildman–Crippen LogP) is 2.94. The van der Waals surface area contributed by atoms with Gasteiger partial charge < -0.3 is 14.8 Å². The molecule has 2 aromatic heterocycles. The topological polar surface area (TPSA) is 107 Å². The quantitative estimate of drug-likeness (QED) is 0.723. The summed E-state index contributed by atoms with van der Waals surface area (Å²) in [7, 11) is 0. The van der Waals surface area contributed by atoms with Gasteiger partial charge in [0.2, 0.25) is 0 Å². The van der Waals surface area contributed by atoms with Crippen LogP contribution in [0.4, 0.5) is 5.00 Å². The molecular formula is C18H21N3O5S. The lowest BCUT2D eigenvalue weighted by molar-refractivity contribution is -0.119. The normalized spacial score (nSPS) is 10.6. The second-order valence-corrected chi connectivity index (χ2v) is 7.02. The fourth-order valence-corrected chi connectivity index (χ4v) is 3.08. The molecule has 0 aliphatic carbocycles. The van der Waals surface area contributed by atoms with Gasteiger partial charge in [0, 0.05) is 11.1 Å². The van der Waals surface area contributed by atoms with Crippen molar-refractivity contribution in [3.8, 4) is 0 Å². The predicted molar refractivity (Wildman–Crippen MR) is 100 cm³/mol. The molecule has 2 rings (SSSR count). The molecule has 2 aromatic rings. The second-order valence-electron chi connectivity index (χ2n) is 5.93. The molecule has 0 aliphatic rings.